The van der Waals surface area contributed by atoms with E-state index in [0.29, 0.717) is 31.1 Å². The van der Waals surface area contributed by atoms with Gasteiger partial charge in [-0.2, -0.15) is 0 Å². The zero-order valence-electron chi connectivity index (χ0n) is 15.3. The van der Waals surface area contributed by atoms with Crippen LogP contribution >= 0.6 is 11.8 Å². The molecule has 1 aromatic carbocycles. The highest BCUT2D eigenvalue weighted by Crippen LogP contribution is 2.31. The van der Waals surface area contributed by atoms with E-state index in [9.17, 15) is 24.5 Å². The number of carbonyl (C=O) groups is 3. The number of hydrogen-bond donors (Lipinski definition) is 1. The van der Waals surface area contributed by atoms with Gasteiger partial charge in [0.2, 0.25) is 17.7 Å². The van der Waals surface area contributed by atoms with Crippen molar-refractivity contribution in [3.8, 4) is 0 Å². The van der Waals surface area contributed by atoms with E-state index in [1.165, 1.54) is 12.1 Å². The number of nitro benzene ring substituents is 1. The third-order valence-corrected chi connectivity index (χ3v) is 6.24. The lowest BCUT2D eigenvalue weighted by atomic mass is 9.84. The molecule has 10 heteroatoms. The van der Waals surface area contributed by atoms with Gasteiger partial charge < -0.3 is 15.5 Å². The van der Waals surface area contributed by atoms with Crippen LogP contribution < -0.4 is 5.73 Å². The molecule has 28 heavy (non-hydrogen) atoms. The second kappa shape index (κ2) is 8.59. The molecule has 9 nitrogen and oxygen atoms in total. The van der Waals surface area contributed by atoms with Crippen LogP contribution in [0.15, 0.2) is 23.1 Å². The number of hydrogen-bond acceptors (Lipinski definition) is 6. The van der Waals surface area contributed by atoms with Gasteiger partial charge in [0.1, 0.15) is 0 Å². The maximum Gasteiger partial charge on any atom is 0.283 e. The quantitative estimate of drug-likeness (QED) is 0.430. The van der Waals surface area contributed by atoms with Crippen molar-refractivity contribution in [3.05, 3.63) is 33.9 Å². The minimum Gasteiger partial charge on any atom is -0.366 e. The fourth-order valence-corrected chi connectivity index (χ4v) is 4.16. The molecule has 2 aliphatic rings. The number of nitro groups is 1. The average Bonchev–Trinajstić information content (AvgIpc) is 2.64. The number of nitrogens with zero attached hydrogens (tertiary/aromatic N) is 3. The minimum atomic E-state index is -0.745. The summed E-state index contributed by atoms with van der Waals surface area (Å²) < 4.78 is 0. The Morgan fingerprint density at radius 3 is 2.32 bits per heavy atom. The average molecular weight is 406 g/mol. The van der Waals surface area contributed by atoms with Gasteiger partial charge in [0, 0.05) is 43.7 Å². The molecular weight excluding hydrogens is 384 g/mol. The molecule has 0 unspecified atom stereocenters. The second-order valence-electron chi connectivity index (χ2n) is 6.93. The van der Waals surface area contributed by atoms with Crippen molar-refractivity contribution in [3.63, 3.8) is 0 Å². The summed E-state index contributed by atoms with van der Waals surface area (Å²) in [6.07, 6.45) is 3.03. The van der Waals surface area contributed by atoms with E-state index < -0.39 is 10.8 Å². The number of thioether (sulfide) groups is 1. The Morgan fingerprint density at radius 1 is 1.14 bits per heavy atom. The molecule has 150 valence electrons. The summed E-state index contributed by atoms with van der Waals surface area (Å²) in [4.78, 5) is 50.4. The van der Waals surface area contributed by atoms with Gasteiger partial charge in [-0.1, -0.05) is 6.42 Å². The van der Waals surface area contributed by atoms with E-state index in [2.05, 4.69) is 0 Å². The smallest absolute Gasteiger partial charge is 0.283 e. The minimum absolute atomic E-state index is 0.0489. The SMILES string of the molecule is NC(=O)c1ccc(SCC(=O)N2CCN(C(=O)C3CCC3)CC2)c([N+](=O)[O-])c1. The Labute approximate surface area is 166 Å². The lowest BCUT2D eigenvalue weighted by Gasteiger charge is -2.38. The Hall–Kier alpha value is -2.62. The maximum absolute atomic E-state index is 12.5. The van der Waals surface area contributed by atoms with Crippen LogP contribution in [0.2, 0.25) is 0 Å². The van der Waals surface area contributed by atoms with Gasteiger partial charge >= 0.3 is 0 Å². The largest absolute Gasteiger partial charge is 0.366 e. The van der Waals surface area contributed by atoms with E-state index in [1.807, 2.05) is 4.90 Å². The molecule has 0 atom stereocenters. The highest BCUT2D eigenvalue weighted by Gasteiger charge is 2.32. The third-order valence-electron chi connectivity index (χ3n) is 5.19. The van der Waals surface area contributed by atoms with Gasteiger partial charge in [-0.25, -0.2) is 0 Å². The normalized spacial score (nSPS) is 17.1. The van der Waals surface area contributed by atoms with Gasteiger partial charge in [0.15, 0.2) is 0 Å². The lowest BCUT2D eigenvalue weighted by molar-refractivity contribution is -0.387. The predicted molar refractivity (Wildman–Crippen MR) is 103 cm³/mol. The first-order chi connectivity index (χ1) is 13.4. The molecule has 0 aromatic heterocycles. The monoisotopic (exact) mass is 406 g/mol. The van der Waals surface area contributed by atoms with Crippen LogP contribution in [-0.2, 0) is 9.59 Å². The molecule has 1 saturated heterocycles. The predicted octanol–water partition coefficient (Wildman–Crippen LogP) is 1.26. The standard InChI is InChI=1S/C18H22N4O5S/c19-17(24)13-4-5-15(14(10-13)22(26)27)28-11-16(23)20-6-8-21(9-7-20)18(25)12-2-1-3-12/h4-5,10,12H,1-3,6-9,11H2,(H2,19,24). The molecule has 1 aliphatic carbocycles. The van der Waals surface area contributed by atoms with Gasteiger partial charge in [-0.05, 0) is 25.0 Å². The lowest BCUT2D eigenvalue weighted by Crippen LogP contribution is -2.53. The molecule has 2 fully saturated rings. The molecule has 1 aromatic rings. The van der Waals surface area contributed by atoms with Crippen LogP contribution in [0, 0.1) is 16.0 Å². The Kier molecular flexibility index (Phi) is 6.18. The summed E-state index contributed by atoms with van der Waals surface area (Å²) >= 11 is 1.06. The van der Waals surface area contributed by atoms with E-state index >= 15 is 0 Å². The summed E-state index contributed by atoms with van der Waals surface area (Å²) in [5.41, 5.74) is 4.96. The molecule has 0 radical (unpaired) electrons. The Bertz CT molecular complexity index is 803. The van der Waals surface area contributed by atoms with Crippen LogP contribution in [0.5, 0.6) is 0 Å². The van der Waals surface area contributed by atoms with Gasteiger partial charge in [-0.3, -0.25) is 24.5 Å². The van der Waals surface area contributed by atoms with E-state index in [0.717, 1.165) is 37.1 Å². The highest BCUT2D eigenvalue weighted by atomic mass is 32.2. The van der Waals surface area contributed by atoms with Gasteiger partial charge in [0.05, 0.1) is 15.6 Å². The van der Waals surface area contributed by atoms with Crippen LogP contribution in [0.25, 0.3) is 0 Å². The number of nitrogens with two attached hydrogens (primary N) is 1. The third kappa shape index (κ3) is 4.44. The maximum atomic E-state index is 12.5. The number of rotatable bonds is 6. The zero-order valence-corrected chi connectivity index (χ0v) is 16.2. The molecular formula is C18H22N4O5S. The van der Waals surface area contributed by atoms with E-state index in [4.69, 9.17) is 5.73 Å². The molecule has 2 N–H and O–H groups in total. The first-order valence-electron chi connectivity index (χ1n) is 9.14. The second-order valence-corrected chi connectivity index (χ2v) is 7.94. The van der Waals surface area contributed by atoms with Crippen molar-refractivity contribution in [1.29, 1.82) is 0 Å². The molecule has 3 rings (SSSR count). The van der Waals surface area contributed by atoms with Crippen molar-refractivity contribution in [2.24, 2.45) is 11.7 Å². The summed E-state index contributed by atoms with van der Waals surface area (Å²) in [6, 6.07) is 3.97. The van der Waals surface area contributed by atoms with Crippen LogP contribution in [0.4, 0.5) is 5.69 Å². The summed E-state index contributed by atoms with van der Waals surface area (Å²) in [6.45, 7) is 2.00. The van der Waals surface area contributed by atoms with Crippen molar-refractivity contribution in [1.82, 2.24) is 9.80 Å². The fourth-order valence-electron chi connectivity index (χ4n) is 3.26. The van der Waals surface area contributed by atoms with E-state index in [-0.39, 0.29) is 34.7 Å². The molecule has 3 amide bonds. The van der Waals surface area contributed by atoms with Crippen molar-refractivity contribution < 1.29 is 19.3 Å². The van der Waals surface area contributed by atoms with Crippen LogP contribution in [0.3, 0.4) is 0 Å². The Balaban J connectivity index is 1.54. The van der Waals surface area contributed by atoms with E-state index in [1.54, 1.807) is 4.90 Å². The van der Waals surface area contributed by atoms with Crippen molar-refractivity contribution in [2.45, 2.75) is 24.2 Å². The first kappa shape index (κ1) is 20.1. The van der Waals surface area contributed by atoms with Crippen molar-refractivity contribution in [2.75, 3.05) is 31.9 Å². The van der Waals surface area contributed by atoms with Crippen molar-refractivity contribution >= 4 is 35.2 Å². The van der Waals surface area contributed by atoms with Gasteiger partial charge in [-0.15, -0.1) is 11.8 Å². The number of piperazine rings is 1. The fraction of sp³-hybridized carbons (Fsp3) is 0.500. The molecule has 1 aliphatic heterocycles. The Morgan fingerprint density at radius 2 is 1.79 bits per heavy atom. The van der Waals surface area contributed by atoms with Crippen LogP contribution in [-0.4, -0.2) is 64.4 Å². The number of amides is 3. The number of benzene rings is 1. The highest BCUT2D eigenvalue weighted by molar-refractivity contribution is 8.00. The number of carbonyl (C=O) groups excluding carboxylic acids is 3. The summed E-state index contributed by atoms with van der Waals surface area (Å²) in [5, 5.41) is 11.2. The number of primary amides is 1. The zero-order chi connectivity index (χ0) is 20.3. The molecule has 0 bridgehead atoms. The summed E-state index contributed by atoms with van der Waals surface area (Å²) in [5.74, 6) is -0.480. The van der Waals surface area contributed by atoms with Crippen LogP contribution in [0.1, 0.15) is 29.6 Å². The molecule has 0 spiro atoms. The first-order valence-corrected chi connectivity index (χ1v) is 10.1. The molecule has 1 heterocycles. The van der Waals surface area contributed by atoms with Gasteiger partial charge in [0.25, 0.3) is 5.69 Å². The topological polar surface area (TPSA) is 127 Å². The molecule has 1 saturated carbocycles. The summed E-state index contributed by atoms with van der Waals surface area (Å²) in [7, 11) is 0.